The van der Waals surface area contributed by atoms with Gasteiger partial charge in [0.25, 0.3) is 0 Å². The average molecular weight is 885 g/mol. The molecule has 0 N–H and O–H groups in total. The van der Waals surface area contributed by atoms with Crippen LogP contribution in [0, 0.1) is 0 Å². The molecule has 1 atom stereocenters. The minimum absolute atomic E-state index is 0.0437. The Labute approximate surface area is 395 Å². The van der Waals surface area contributed by atoms with E-state index in [0.717, 1.165) is 128 Å². The lowest BCUT2D eigenvalue weighted by Gasteiger charge is -2.18. The molecule has 0 aromatic carbocycles. The van der Waals surface area contributed by atoms with Crippen LogP contribution < -0.4 is 0 Å². The first-order valence-corrected chi connectivity index (χ1v) is 26.1. The lowest BCUT2D eigenvalue weighted by atomic mass is 10.1. The standard InChI is InChI=1S/C59H96O5/c1-4-7-10-13-16-19-22-25-28-30-32-34-37-40-43-46-49-52-58(60)63-56-57(55-62-54-51-48-45-42-39-36-33-29-26-23-20-17-14-11-8-5-2)64-59(61)53-50-47-44-41-38-35-31-27-24-21-18-15-12-9-6-3/h7,9-10,12,16-21,25-29,31-32,34,38,41,57H,4-6,8,11,13-15,22-24,30,33,35-37,39-40,42-56H2,1-3H3/b10-7-,12-9-,19-16-,20-17-,21-18-,28-25-,29-26-,31-27-,34-32-,41-38-. The maximum absolute atomic E-state index is 12.8. The molecule has 0 saturated heterocycles. The smallest absolute Gasteiger partial charge is 0.306 e. The fourth-order valence-electron chi connectivity index (χ4n) is 6.64. The van der Waals surface area contributed by atoms with Crippen molar-refractivity contribution in [2.75, 3.05) is 19.8 Å². The van der Waals surface area contributed by atoms with Gasteiger partial charge in [0.2, 0.25) is 0 Å². The summed E-state index contributed by atoms with van der Waals surface area (Å²) in [7, 11) is 0. The zero-order valence-electron chi connectivity index (χ0n) is 41.5. The van der Waals surface area contributed by atoms with Crippen LogP contribution in [-0.2, 0) is 23.8 Å². The predicted molar refractivity (Wildman–Crippen MR) is 279 cm³/mol. The van der Waals surface area contributed by atoms with Crippen molar-refractivity contribution in [3.63, 3.8) is 0 Å². The van der Waals surface area contributed by atoms with E-state index in [1.54, 1.807) is 0 Å². The number of hydrogen-bond donors (Lipinski definition) is 0. The van der Waals surface area contributed by atoms with Gasteiger partial charge in [-0.05, 0) is 128 Å². The maximum atomic E-state index is 12.8. The lowest BCUT2D eigenvalue weighted by Crippen LogP contribution is -2.30. The summed E-state index contributed by atoms with van der Waals surface area (Å²) in [5.41, 5.74) is 0. The van der Waals surface area contributed by atoms with Crippen LogP contribution in [0.25, 0.3) is 0 Å². The van der Waals surface area contributed by atoms with Gasteiger partial charge in [-0.15, -0.1) is 0 Å². The summed E-state index contributed by atoms with van der Waals surface area (Å²) < 4.78 is 17.4. The van der Waals surface area contributed by atoms with E-state index in [0.29, 0.717) is 19.4 Å². The van der Waals surface area contributed by atoms with E-state index in [9.17, 15) is 9.59 Å². The van der Waals surface area contributed by atoms with Gasteiger partial charge in [-0.2, -0.15) is 0 Å². The monoisotopic (exact) mass is 885 g/mol. The molecule has 5 nitrogen and oxygen atoms in total. The topological polar surface area (TPSA) is 61.8 Å². The number of carbonyl (C=O) groups is 2. The Hall–Kier alpha value is -3.70. The third-order valence-corrected chi connectivity index (χ3v) is 10.5. The molecule has 0 bridgehead atoms. The summed E-state index contributed by atoms with van der Waals surface area (Å²) in [4.78, 5) is 25.4. The van der Waals surface area contributed by atoms with Gasteiger partial charge in [-0.3, -0.25) is 9.59 Å². The number of allylic oxidation sites excluding steroid dienone is 20. The maximum Gasteiger partial charge on any atom is 0.306 e. The Kier molecular flexibility index (Phi) is 50.5. The van der Waals surface area contributed by atoms with Gasteiger partial charge in [-0.25, -0.2) is 0 Å². The van der Waals surface area contributed by atoms with E-state index in [4.69, 9.17) is 14.2 Å². The van der Waals surface area contributed by atoms with E-state index >= 15 is 0 Å². The van der Waals surface area contributed by atoms with Gasteiger partial charge in [0.05, 0.1) is 6.61 Å². The van der Waals surface area contributed by atoms with Crippen LogP contribution in [0.1, 0.15) is 213 Å². The zero-order chi connectivity index (χ0) is 46.3. The summed E-state index contributed by atoms with van der Waals surface area (Å²) in [6.07, 6.45) is 74.9. The van der Waals surface area contributed by atoms with Crippen molar-refractivity contribution in [1.82, 2.24) is 0 Å². The number of esters is 2. The second-order valence-corrected chi connectivity index (χ2v) is 16.7. The molecule has 0 aliphatic rings. The number of hydrogen-bond acceptors (Lipinski definition) is 5. The molecule has 5 heteroatoms. The van der Waals surface area contributed by atoms with Crippen molar-refractivity contribution in [2.24, 2.45) is 0 Å². The molecule has 0 aromatic rings. The molecule has 0 heterocycles. The van der Waals surface area contributed by atoms with Crippen LogP contribution in [0.3, 0.4) is 0 Å². The third kappa shape index (κ3) is 50.9. The summed E-state index contributed by atoms with van der Waals surface area (Å²) in [6.45, 7) is 7.47. The number of carbonyl (C=O) groups excluding carboxylic acids is 2. The molecule has 0 fully saturated rings. The summed E-state index contributed by atoms with van der Waals surface area (Å²) >= 11 is 0. The van der Waals surface area contributed by atoms with Crippen LogP contribution in [0.2, 0.25) is 0 Å². The van der Waals surface area contributed by atoms with Crippen LogP contribution in [0.15, 0.2) is 122 Å². The highest BCUT2D eigenvalue weighted by molar-refractivity contribution is 5.70. The molecule has 0 saturated carbocycles. The van der Waals surface area contributed by atoms with Crippen molar-refractivity contribution in [2.45, 2.75) is 219 Å². The summed E-state index contributed by atoms with van der Waals surface area (Å²) in [5.74, 6) is -0.486. The van der Waals surface area contributed by atoms with E-state index in [1.165, 1.54) is 51.4 Å². The Balaban J connectivity index is 4.43. The molecular weight excluding hydrogens is 789 g/mol. The zero-order valence-corrected chi connectivity index (χ0v) is 41.5. The van der Waals surface area contributed by atoms with Crippen molar-refractivity contribution < 1.29 is 23.8 Å². The van der Waals surface area contributed by atoms with Crippen molar-refractivity contribution >= 4 is 11.9 Å². The Morgan fingerprint density at radius 3 is 1.16 bits per heavy atom. The minimum atomic E-state index is -0.582. The Morgan fingerprint density at radius 1 is 0.359 bits per heavy atom. The van der Waals surface area contributed by atoms with E-state index in [1.807, 2.05) is 0 Å². The normalized spacial score (nSPS) is 13.2. The van der Waals surface area contributed by atoms with Gasteiger partial charge in [0, 0.05) is 19.4 Å². The fraction of sp³-hybridized carbons (Fsp3) is 0.627. The fourth-order valence-corrected chi connectivity index (χ4v) is 6.64. The first-order chi connectivity index (χ1) is 31.6. The highest BCUT2D eigenvalue weighted by Crippen LogP contribution is 2.12. The van der Waals surface area contributed by atoms with Crippen LogP contribution in [0.5, 0.6) is 0 Å². The van der Waals surface area contributed by atoms with Gasteiger partial charge in [-0.1, -0.05) is 194 Å². The van der Waals surface area contributed by atoms with Crippen molar-refractivity contribution in [3.05, 3.63) is 122 Å². The van der Waals surface area contributed by atoms with Crippen LogP contribution >= 0.6 is 0 Å². The Bertz CT molecular complexity index is 1320. The lowest BCUT2D eigenvalue weighted by molar-refractivity contribution is -0.163. The van der Waals surface area contributed by atoms with Crippen molar-refractivity contribution in [3.8, 4) is 0 Å². The molecule has 64 heavy (non-hydrogen) atoms. The van der Waals surface area contributed by atoms with E-state index < -0.39 is 6.10 Å². The second-order valence-electron chi connectivity index (χ2n) is 16.7. The molecule has 0 aliphatic carbocycles. The van der Waals surface area contributed by atoms with Gasteiger partial charge < -0.3 is 14.2 Å². The second kappa shape index (κ2) is 53.6. The number of rotatable bonds is 46. The molecule has 0 aliphatic heterocycles. The quantitative estimate of drug-likeness (QED) is 0.0346. The van der Waals surface area contributed by atoms with Gasteiger partial charge in [0.1, 0.15) is 6.61 Å². The van der Waals surface area contributed by atoms with E-state index in [-0.39, 0.29) is 25.2 Å². The van der Waals surface area contributed by atoms with E-state index in [2.05, 4.69) is 142 Å². The first kappa shape index (κ1) is 60.3. The highest BCUT2D eigenvalue weighted by atomic mass is 16.6. The molecule has 0 amide bonds. The molecule has 362 valence electrons. The van der Waals surface area contributed by atoms with Gasteiger partial charge in [0.15, 0.2) is 6.10 Å². The molecular formula is C59H96O5. The van der Waals surface area contributed by atoms with Crippen LogP contribution in [0.4, 0.5) is 0 Å². The molecule has 0 radical (unpaired) electrons. The molecule has 0 rings (SSSR count). The molecule has 1 unspecified atom stereocenters. The minimum Gasteiger partial charge on any atom is -0.462 e. The SMILES string of the molecule is CC/C=C\C/C=C\C/C=C\C/C=C\CCCCCCC(=O)OCC(COCCCCCCCC/C=C\C/C=C\CCCCC)OC(=O)CCCC/C=C\C/C=C\C/C=C\C/C=C\CC. The highest BCUT2D eigenvalue weighted by Gasteiger charge is 2.17. The predicted octanol–water partition coefficient (Wildman–Crippen LogP) is 17.8. The van der Waals surface area contributed by atoms with Crippen molar-refractivity contribution in [1.29, 1.82) is 0 Å². The van der Waals surface area contributed by atoms with Crippen LogP contribution in [-0.4, -0.2) is 37.9 Å². The number of ether oxygens (including phenoxy) is 3. The van der Waals surface area contributed by atoms with Gasteiger partial charge >= 0.3 is 11.9 Å². The summed E-state index contributed by atoms with van der Waals surface area (Å²) in [5, 5.41) is 0. The Morgan fingerprint density at radius 2 is 0.703 bits per heavy atom. The molecule has 0 spiro atoms. The largest absolute Gasteiger partial charge is 0.462 e. The molecule has 0 aromatic heterocycles. The average Bonchev–Trinajstić information content (AvgIpc) is 3.30. The number of unbranched alkanes of at least 4 members (excludes halogenated alkanes) is 15. The first-order valence-electron chi connectivity index (χ1n) is 26.1. The third-order valence-electron chi connectivity index (χ3n) is 10.5. The summed E-state index contributed by atoms with van der Waals surface area (Å²) in [6, 6.07) is 0.